The van der Waals surface area contributed by atoms with E-state index < -0.39 is 0 Å². The number of hydrogen-bond donors (Lipinski definition) is 2. The molecule has 0 bridgehead atoms. The zero-order chi connectivity index (χ0) is 21.9. The first kappa shape index (κ1) is 27.3. The van der Waals surface area contributed by atoms with Crippen molar-refractivity contribution in [2.45, 2.75) is 55.4 Å². The summed E-state index contributed by atoms with van der Waals surface area (Å²) in [6.45, 7) is 19.2. The van der Waals surface area contributed by atoms with E-state index in [4.69, 9.17) is 0 Å². The molecule has 0 radical (unpaired) electrons. The first-order valence-electron chi connectivity index (χ1n) is 9.99. The molecular formula is C24H37N3O. The van der Waals surface area contributed by atoms with Crippen LogP contribution in [0.4, 0.5) is 11.5 Å². The molecule has 154 valence electrons. The third-order valence-electron chi connectivity index (χ3n) is 3.01. The van der Waals surface area contributed by atoms with Gasteiger partial charge in [-0.2, -0.15) is 0 Å². The molecule has 2 aromatic rings. The molecule has 0 saturated heterocycles. The fourth-order valence-corrected chi connectivity index (χ4v) is 2.11. The van der Waals surface area contributed by atoms with Gasteiger partial charge in [-0.05, 0) is 36.8 Å². The van der Waals surface area contributed by atoms with Gasteiger partial charge in [0.25, 0.3) is 0 Å². The molecule has 0 aliphatic heterocycles. The van der Waals surface area contributed by atoms with Gasteiger partial charge in [0, 0.05) is 30.1 Å². The number of carbonyl (C=O) groups is 1. The van der Waals surface area contributed by atoms with Crippen LogP contribution in [-0.4, -0.2) is 10.9 Å². The highest BCUT2D eigenvalue weighted by Gasteiger charge is 2.07. The molecule has 0 aliphatic carbocycles. The van der Waals surface area contributed by atoms with Gasteiger partial charge >= 0.3 is 0 Å². The largest absolute Gasteiger partial charge is 0.340 e. The van der Waals surface area contributed by atoms with Crippen LogP contribution in [0.15, 0.2) is 54.9 Å². The van der Waals surface area contributed by atoms with Crippen molar-refractivity contribution in [3.63, 3.8) is 0 Å². The third-order valence-corrected chi connectivity index (χ3v) is 3.01. The van der Waals surface area contributed by atoms with Crippen molar-refractivity contribution in [2.24, 2.45) is 0 Å². The second kappa shape index (κ2) is 17.5. The van der Waals surface area contributed by atoms with E-state index in [2.05, 4.69) is 22.2 Å². The van der Waals surface area contributed by atoms with Crippen LogP contribution in [0, 0.1) is 0 Å². The molecule has 4 nitrogen and oxygen atoms in total. The summed E-state index contributed by atoms with van der Waals surface area (Å²) < 4.78 is 0. The van der Waals surface area contributed by atoms with Crippen molar-refractivity contribution >= 4 is 29.6 Å². The molecule has 1 aromatic heterocycles. The number of para-hydroxylation sites is 1. The molecule has 1 aromatic carbocycles. The van der Waals surface area contributed by atoms with E-state index in [1.54, 1.807) is 12.3 Å². The number of aromatic nitrogens is 1. The number of nitrogens with zero attached hydrogens (tertiary/aromatic N) is 1. The van der Waals surface area contributed by atoms with Gasteiger partial charge in [-0.25, -0.2) is 4.98 Å². The van der Waals surface area contributed by atoms with Crippen molar-refractivity contribution in [1.29, 1.82) is 0 Å². The van der Waals surface area contributed by atoms with E-state index in [1.165, 1.54) is 6.92 Å². The molecule has 0 fully saturated rings. The molecule has 0 aliphatic rings. The Morgan fingerprint density at radius 2 is 1.54 bits per heavy atom. The van der Waals surface area contributed by atoms with E-state index in [1.807, 2.05) is 90.9 Å². The van der Waals surface area contributed by atoms with Gasteiger partial charge in [0.05, 0.1) is 0 Å². The van der Waals surface area contributed by atoms with Crippen LogP contribution in [0.1, 0.15) is 66.5 Å². The Morgan fingerprint density at radius 1 is 0.964 bits per heavy atom. The number of carbonyl (C=O) groups excluding carboxylic acids is 1. The average molecular weight is 384 g/mol. The highest BCUT2D eigenvalue weighted by Crippen LogP contribution is 2.24. The van der Waals surface area contributed by atoms with Gasteiger partial charge < -0.3 is 10.6 Å². The van der Waals surface area contributed by atoms with Crippen LogP contribution in [0.5, 0.6) is 0 Å². The number of anilines is 2. The Labute approximate surface area is 171 Å². The summed E-state index contributed by atoms with van der Waals surface area (Å²) in [6, 6.07) is 11.7. The first-order valence-corrected chi connectivity index (χ1v) is 9.99. The van der Waals surface area contributed by atoms with Crippen molar-refractivity contribution in [3.8, 4) is 0 Å². The van der Waals surface area contributed by atoms with Crippen molar-refractivity contribution < 1.29 is 4.79 Å². The van der Waals surface area contributed by atoms with Crippen molar-refractivity contribution in [3.05, 3.63) is 66.0 Å². The smallest absolute Gasteiger partial charge is 0.220 e. The van der Waals surface area contributed by atoms with Crippen molar-refractivity contribution in [1.82, 2.24) is 10.3 Å². The lowest BCUT2D eigenvalue weighted by Gasteiger charge is -2.12. The van der Waals surface area contributed by atoms with E-state index in [0.29, 0.717) is 5.82 Å². The fourth-order valence-electron chi connectivity index (χ4n) is 2.11. The summed E-state index contributed by atoms with van der Waals surface area (Å²) in [6.07, 6.45) is 5.38. The summed E-state index contributed by atoms with van der Waals surface area (Å²) in [7, 11) is 0. The molecule has 0 saturated carbocycles. The summed E-state index contributed by atoms with van der Waals surface area (Å²) in [5.74, 6) is 0.615. The monoisotopic (exact) mass is 383 g/mol. The van der Waals surface area contributed by atoms with Gasteiger partial charge in [0.15, 0.2) is 0 Å². The normalized spacial score (nSPS) is 9.21. The van der Waals surface area contributed by atoms with Gasteiger partial charge in [0.1, 0.15) is 5.82 Å². The van der Waals surface area contributed by atoms with Gasteiger partial charge in [0.2, 0.25) is 5.91 Å². The van der Waals surface area contributed by atoms with Crippen LogP contribution >= 0.6 is 0 Å². The van der Waals surface area contributed by atoms with E-state index in [0.717, 1.165) is 22.5 Å². The molecule has 4 heteroatoms. The lowest BCUT2D eigenvalue weighted by molar-refractivity contribution is -0.118. The molecule has 0 unspecified atom stereocenters. The maximum absolute atomic E-state index is 11.2. The Bertz CT molecular complexity index is 707. The van der Waals surface area contributed by atoms with Crippen LogP contribution < -0.4 is 10.6 Å². The van der Waals surface area contributed by atoms with E-state index in [-0.39, 0.29) is 5.91 Å². The summed E-state index contributed by atoms with van der Waals surface area (Å²) in [5, 5.41) is 6.06. The topological polar surface area (TPSA) is 54.0 Å². The summed E-state index contributed by atoms with van der Waals surface area (Å²) >= 11 is 0. The average Bonchev–Trinajstić information content (AvgIpc) is 2.74. The fraction of sp³-hybridized carbons (Fsp3) is 0.333. The molecule has 0 atom stereocenters. The number of pyridine rings is 1. The molecule has 2 rings (SSSR count). The van der Waals surface area contributed by atoms with Crippen LogP contribution in [0.25, 0.3) is 12.2 Å². The molecule has 0 spiro atoms. The second-order valence-corrected chi connectivity index (χ2v) is 4.87. The minimum absolute atomic E-state index is 0.102. The van der Waals surface area contributed by atoms with Gasteiger partial charge in [-0.1, -0.05) is 72.4 Å². The zero-order valence-corrected chi connectivity index (χ0v) is 18.8. The molecule has 28 heavy (non-hydrogen) atoms. The lowest BCUT2D eigenvalue weighted by atomic mass is 10.1. The molecule has 1 heterocycles. The Morgan fingerprint density at radius 3 is 2.04 bits per heavy atom. The van der Waals surface area contributed by atoms with Gasteiger partial charge in [-0.3, -0.25) is 4.79 Å². The SMILES string of the molecule is C=Cc1ccnc(Nc2ccccc2)c1/C=C(\C)NC(C)=O.CC.CC.CC. The van der Waals surface area contributed by atoms with Crippen LogP contribution in [0.2, 0.25) is 0 Å². The van der Waals surface area contributed by atoms with Crippen molar-refractivity contribution in [2.75, 3.05) is 5.32 Å². The van der Waals surface area contributed by atoms with Crippen LogP contribution in [0.3, 0.4) is 0 Å². The highest BCUT2D eigenvalue weighted by atomic mass is 16.1. The Hall–Kier alpha value is -2.88. The minimum Gasteiger partial charge on any atom is -0.340 e. The lowest BCUT2D eigenvalue weighted by Crippen LogP contribution is -2.17. The van der Waals surface area contributed by atoms with Crippen LogP contribution in [-0.2, 0) is 4.79 Å². The second-order valence-electron chi connectivity index (χ2n) is 4.87. The summed E-state index contributed by atoms with van der Waals surface area (Å²) in [4.78, 5) is 15.6. The number of benzene rings is 1. The Kier molecular flexibility index (Phi) is 17.1. The maximum Gasteiger partial charge on any atom is 0.220 e. The number of nitrogens with one attached hydrogen (secondary N) is 2. The predicted molar refractivity (Wildman–Crippen MR) is 126 cm³/mol. The summed E-state index contributed by atoms with van der Waals surface area (Å²) in [5.41, 5.74) is 3.52. The number of rotatable bonds is 5. The molecular weight excluding hydrogens is 346 g/mol. The minimum atomic E-state index is -0.102. The maximum atomic E-state index is 11.2. The highest BCUT2D eigenvalue weighted by molar-refractivity contribution is 5.80. The number of allylic oxidation sites excluding steroid dienone is 1. The predicted octanol–water partition coefficient (Wildman–Crippen LogP) is 7.04. The standard InChI is InChI=1S/C18H19N3O.3C2H6/c1-4-15-10-11-19-18(21-16-8-6-5-7-9-16)17(15)12-13(2)20-14(3)22;3*1-2/h4-12H,1H2,2-3H3,(H,19,21)(H,20,22);3*1-2H3/b13-12+;;;. The third kappa shape index (κ3) is 10.3. The number of hydrogen-bond acceptors (Lipinski definition) is 3. The molecule has 1 amide bonds. The van der Waals surface area contributed by atoms with E-state index in [9.17, 15) is 4.79 Å². The first-order chi connectivity index (χ1) is 13.6. The Balaban J connectivity index is 0. The number of amides is 1. The van der Waals surface area contributed by atoms with Gasteiger partial charge in [-0.15, -0.1) is 0 Å². The van der Waals surface area contributed by atoms with E-state index >= 15 is 0 Å². The quantitative estimate of drug-likeness (QED) is 0.582. The zero-order valence-electron chi connectivity index (χ0n) is 18.8. The molecule has 2 N–H and O–H groups in total.